The summed E-state index contributed by atoms with van der Waals surface area (Å²) in [6, 6.07) is 21.8. The van der Waals surface area contributed by atoms with Crippen LogP contribution < -0.4 is 0 Å². The monoisotopic (exact) mass is 423 g/mol. The second-order valence-corrected chi connectivity index (χ2v) is 7.20. The molecule has 0 atom stereocenters. The molecule has 0 aliphatic carbocycles. The Bertz CT molecular complexity index is 889. The van der Waals surface area contributed by atoms with Gasteiger partial charge in [0, 0.05) is 23.6 Å². The molecule has 2 aromatic carbocycles. The molecule has 0 unspecified atom stereocenters. The molecule has 0 heterocycles. The van der Waals surface area contributed by atoms with Gasteiger partial charge < -0.3 is 4.90 Å². The maximum absolute atomic E-state index is 9.41. The first-order valence-corrected chi connectivity index (χ1v) is 9.92. The second-order valence-electron chi connectivity index (χ2n) is 5.52. The van der Waals surface area contributed by atoms with E-state index >= 15 is 0 Å². The van der Waals surface area contributed by atoms with E-state index in [-0.39, 0.29) is 5.57 Å². The zero-order chi connectivity index (χ0) is 18.9. The van der Waals surface area contributed by atoms with Crippen LogP contribution in [0.25, 0.3) is 5.57 Å². The normalized spacial score (nSPS) is 10.6. The summed E-state index contributed by atoms with van der Waals surface area (Å²) in [5.74, 6) is 0. The van der Waals surface area contributed by atoms with E-state index in [4.69, 9.17) is 0 Å². The minimum atomic E-state index is 0.0940. The molecule has 0 bridgehead atoms. The summed E-state index contributed by atoms with van der Waals surface area (Å²) in [5.41, 5.74) is 2.73. The van der Waals surface area contributed by atoms with Crippen LogP contribution in [-0.2, 0) is 6.54 Å². The number of rotatable bonds is 6. The van der Waals surface area contributed by atoms with Crippen LogP contribution in [0, 0.1) is 22.7 Å². The molecule has 0 N–H and O–H groups in total. The maximum atomic E-state index is 9.41. The number of nitrogens with zero attached hydrogens (tertiary/aromatic N) is 3. The predicted octanol–water partition coefficient (Wildman–Crippen LogP) is 5.59. The van der Waals surface area contributed by atoms with Crippen molar-refractivity contribution >= 4 is 33.3 Å². The Balaban J connectivity index is 2.47. The van der Waals surface area contributed by atoms with E-state index < -0.39 is 0 Å². The molecule has 26 heavy (non-hydrogen) atoms. The Morgan fingerprint density at radius 2 is 1.69 bits per heavy atom. The van der Waals surface area contributed by atoms with Crippen LogP contribution in [-0.4, -0.2) is 18.2 Å². The zero-order valence-electron chi connectivity index (χ0n) is 14.6. The Hall–Kier alpha value is -2.47. The number of hydrogen-bond donors (Lipinski definition) is 0. The number of benzene rings is 2. The number of thioether (sulfide) groups is 1. The van der Waals surface area contributed by atoms with Gasteiger partial charge in [0.2, 0.25) is 0 Å². The summed E-state index contributed by atoms with van der Waals surface area (Å²) in [4.78, 5) is 2.11. The van der Waals surface area contributed by atoms with Gasteiger partial charge in [-0.1, -0.05) is 64.5 Å². The van der Waals surface area contributed by atoms with Crippen LogP contribution in [0.3, 0.4) is 0 Å². The third-order valence-corrected chi connectivity index (χ3v) is 5.31. The van der Waals surface area contributed by atoms with Gasteiger partial charge in [-0.3, -0.25) is 0 Å². The first-order valence-electron chi connectivity index (χ1n) is 7.90. The van der Waals surface area contributed by atoms with Crippen LogP contribution in [0.2, 0.25) is 0 Å². The van der Waals surface area contributed by atoms with E-state index in [1.807, 2.05) is 74.0 Å². The highest BCUT2D eigenvalue weighted by Crippen LogP contribution is 2.31. The molecule has 3 nitrogen and oxygen atoms in total. The van der Waals surface area contributed by atoms with E-state index in [1.165, 1.54) is 5.56 Å². The summed E-state index contributed by atoms with van der Waals surface area (Å²) >= 11 is 5.11. The molecule has 0 radical (unpaired) electrons. The molecule has 0 saturated heterocycles. The van der Waals surface area contributed by atoms with Gasteiger partial charge in [-0.25, -0.2) is 0 Å². The smallest absolute Gasteiger partial charge is 0.137 e. The molecule has 2 rings (SSSR count). The fourth-order valence-electron chi connectivity index (χ4n) is 2.49. The lowest BCUT2D eigenvalue weighted by molar-refractivity contribution is 0.440. The summed E-state index contributed by atoms with van der Waals surface area (Å²) in [6.45, 7) is 0.741. The molecule has 5 heteroatoms. The first-order chi connectivity index (χ1) is 12.6. The number of nitriles is 2. The summed E-state index contributed by atoms with van der Waals surface area (Å²) < 4.78 is 0.848. The molecule has 130 valence electrons. The van der Waals surface area contributed by atoms with Crippen molar-refractivity contribution in [2.75, 3.05) is 13.3 Å². The minimum Gasteiger partial charge on any atom is -0.365 e. The zero-order valence-corrected chi connectivity index (χ0v) is 17.0. The minimum absolute atomic E-state index is 0.0940. The molecular weight excluding hydrogens is 406 g/mol. The van der Waals surface area contributed by atoms with Crippen LogP contribution >= 0.6 is 27.7 Å². The molecule has 0 amide bonds. The topological polar surface area (TPSA) is 50.8 Å². The molecule has 0 saturated carbocycles. The van der Waals surface area contributed by atoms with E-state index in [1.54, 1.807) is 11.8 Å². The second kappa shape index (κ2) is 9.87. The van der Waals surface area contributed by atoms with Gasteiger partial charge in [0.25, 0.3) is 0 Å². The quantitative estimate of drug-likeness (QED) is 0.448. The fourth-order valence-corrected chi connectivity index (χ4v) is 3.60. The molecule has 0 aromatic heterocycles. The number of allylic oxidation sites excluding steroid dienone is 3. The van der Waals surface area contributed by atoms with Gasteiger partial charge in [-0.05, 0) is 29.5 Å². The maximum Gasteiger partial charge on any atom is 0.137 e. The number of hydrogen-bond acceptors (Lipinski definition) is 4. The van der Waals surface area contributed by atoms with Crippen LogP contribution in [0.5, 0.6) is 0 Å². The van der Waals surface area contributed by atoms with Crippen molar-refractivity contribution in [2.45, 2.75) is 6.54 Å². The Labute approximate surface area is 167 Å². The Kier molecular flexibility index (Phi) is 7.53. The predicted molar refractivity (Wildman–Crippen MR) is 112 cm³/mol. The molecule has 2 aromatic rings. The summed E-state index contributed by atoms with van der Waals surface area (Å²) in [6.07, 6.45) is 3.90. The summed E-state index contributed by atoms with van der Waals surface area (Å²) in [5, 5.41) is 19.8. The highest BCUT2D eigenvalue weighted by Gasteiger charge is 2.13. The number of halogens is 1. The first kappa shape index (κ1) is 19.8. The van der Waals surface area contributed by atoms with E-state index in [0.29, 0.717) is 5.57 Å². The van der Waals surface area contributed by atoms with E-state index in [0.717, 1.165) is 21.6 Å². The average molecular weight is 424 g/mol. The molecule has 0 spiro atoms. The van der Waals surface area contributed by atoms with Crippen molar-refractivity contribution in [3.05, 3.63) is 86.9 Å². The van der Waals surface area contributed by atoms with Gasteiger partial charge in [-0.15, -0.1) is 11.8 Å². The van der Waals surface area contributed by atoms with Crippen LogP contribution in [0.15, 0.2) is 75.7 Å². The molecule has 0 fully saturated rings. The lowest BCUT2D eigenvalue weighted by atomic mass is 10.0. The molecule has 0 aliphatic rings. The van der Waals surface area contributed by atoms with Gasteiger partial charge in [-0.2, -0.15) is 10.5 Å². The average Bonchev–Trinajstić information content (AvgIpc) is 2.66. The van der Waals surface area contributed by atoms with Crippen LogP contribution in [0.4, 0.5) is 0 Å². The Morgan fingerprint density at radius 3 is 2.27 bits per heavy atom. The van der Waals surface area contributed by atoms with Gasteiger partial charge >= 0.3 is 0 Å². The summed E-state index contributed by atoms with van der Waals surface area (Å²) in [7, 11) is 2.01. The third-order valence-electron chi connectivity index (χ3n) is 3.77. The van der Waals surface area contributed by atoms with Crippen molar-refractivity contribution < 1.29 is 0 Å². The highest BCUT2D eigenvalue weighted by molar-refractivity contribution is 9.10. The van der Waals surface area contributed by atoms with Gasteiger partial charge in [0.05, 0.1) is 5.03 Å². The fraction of sp³-hybridized carbons (Fsp3) is 0.143. The lowest BCUT2D eigenvalue weighted by Gasteiger charge is -2.22. The van der Waals surface area contributed by atoms with Gasteiger partial charge in [0.15, 0.2) is 0 Å². The van der Waals surface area contributed by atoms with Crippen molar-refractivity contribution in [3.63, 3.8) is 0 Å². The van der Waals surface area contributed by atoms with Gasteiger partial charge in [0.1, 0.15) is 17.7 Å². The molecular formula is C21H18BrN3S. The lowest BCUT2D eigenvalue weighted by Crippen LogP contribution is -2.15. The van der Waals surface area contributed by atoms with Crippen molar-refractivity contribution in [1.29, 1.82) is 10.5 Å². The largest absolute Gasteiger partial charge is 0.365 e. The third kappa shape index (κ3) is 5.02. The van der Waals surface area contributed by atoms with E-state index in [9.17, 15) is 10.5 Å². The van der Waals surface area contributed by atoms with Crippen molar-refractivity contribution in [3.8, 4) is 12.1 Å². The van der Waals surface area contributed by atoms with Crippen LogP contribution in [0.1, 0.15) is 11.1 Å². The van der Waals surface area contributed by atoms with Crippen molar-refractivity contribution in [2.24, 2.45) is 0 Å². The Morgan fingerprint density at radius 1 is 1.08 bits per heavy atom. The standard InChI is InChI=1S/C21H18BrN3S/c1-25(15-16-8-4-3-5-9-16)21(26-2)12-19(17(13-23)14-24)18-10-6-7-11-20(18)22/h3-12H,15H2,1-2H3. The van der Waals surface area contributed by atoms with E-state index in [2.05, 4.69) is 33.0 Å². The molecule has 0 aliphatic heterocycles. The van der Waals surface area contributed by atoms with Crippen molar-refractivity contribution in [1.82, 2.24) is 4.90 Å². The highest BCUT2D eigenvalue weighted by atomic mass is 79.9. The SMILES string of the molecule is CSC(=CC(=C(C#N)C#N)c1ccccc1Br)N(C)Cc1ccccc1.